The number of non-ortho nitro benzene ring substituents is 1. The van der Waals surface area contributed by atoms with Crippen molar-refractivity contribution < 1.29 is 49.3 Å². The van der Waals surface area contributed by atoms with Crippen molar-refractivity contribution in [3.63, 3.8) is 0 Å². The van der Waals surface area contributed by atoms with Gasteiger partial charge < -0.3 is 25.7 Å². The number of nitrogens with zero attached hydrogens (tertiary/aromatic N) is 1. The van der Waals surface area contributed by atoms with Crippen LogP contribution in [-0.4, -0.2) is 66.6 Å². The van der Waals surface area contributed by atoms with E-state index in [9.17, 15) is 54.5 Å². The number of nitro groups is 1. The molecular formula is C31H44N2O11. The van der Waals surface area contributed by atoms with Crippen LogP contribution in [0.25, 0.3) is 0 Å². The number of nitrogens with one attached hydrogen (secondary N) is 1. The fourth-order valence-electron chi connectivity index (χ4n) is 4.68. The third-order valence-electron chi connectivity index (χ3n) is 7.25. The molecule has 1 aromatic rings. The highest BCUT2D eigenvalue weighted by molar-refractivity contribution is 5.94. The Labute approximate surface area is 256 Å². The summed E-state index contributed by atoms with van der Waals surface area (Å²) in [6, 6.07) is 3.32. The first kappa shape index (κ1) is 37.9. The summed E-state index contributed by atoms with van der Waals surface area (Å²) in [5.41, 5.74) is -2.97. The Morgan fingerprint density at radius 1 is 0.909 bits per heavy atom. The predicted molar refractivity (Wildman–Crippen MR) is 160 cm³/mol. The maximum absolute atomic E-state index is 13.2. The van der Waals surface area contributed by atoms with E-state index in [1.807, 2.05) is 0 Å². The molecule has 0 aliphatic carbocycles. The lowest BCUT2D eigenvalue weighted by Crippen LogP contribution is -2.55. The topological polar surface area (TPSA) is 221 Å². The highest BCUT2D eigenvalue weighted by Gasteiger charge is 2.49. The summed E-state index contributed by atoms with van der Waals surface area (Å²) in [4.78, 5) is 70.6. The van der Waals surface area contributed by atoms with Crippen molar-refractivity contribution in [2.24, 2.45) is 5.92 Å². The van der Waals surface area contributed by atoms with Gasteiger partial charge in [0.15, 0.2) is 5.60 Å². The number of benzene rings is 1. The summed E-state index contributed by atoms with van der Waals surface area (Å²) in [6.07, 6.45) is 10.7. The fraction of sp³-hybridized carbons (Fsp3) is 0.581. The number of Topliss-reactive ketones (excluding diaryl/α,β-unsaturated/α-hetero) is 1. The number of hydrogen-bond donors (Lipinski definition) is 5. The van der Waals surface area contributed by atoms with Crippen LogP contribution in [0.5, 0.6) is 0 Å². The van der Waals surface area contributed by atoms with E-state index in [-0.39, 0.29) is 17.9 Å². The molecule has 0 saturated heterocycles. The normalized spacial score (nSPS) is 14.0. The number of carboxylic acids is 3. The maximum atomic E-state index is 13.2. The lowest BCUT2D eigenvalue weighted by molar-refractivity contribution is -0.384. The molecule has 1 unspecified atom stereocenters. The molecule has 5 N–H and O–H groups in total. The Balaban J connectivity index is 2.83. The molecule has 244 valence electrons. The zero-order valence-corrected chi connectivity index (χ0v) is 25.1. The second-order valence-corrected chi connectivity index (χ2v) is 10.9. The quantitative estimate of drug-likeness (QED) is 0.0470. The Morgan fingerprint density at radius 3 is 1.98 bits per heavy atom. The highest BCUT2D eigenvalue weighted by Crippen LogP contribution is 2.26. The van der Waals surface area contributed by atoms with E-state index in [2.05, 4.69) is 12.2 Å². The highest BCUT2D eigenvalue weighted by atomic mass is 16.6. The molecule has 0 bridgehead atoms. The van der Waals surface area contributed by atoms with E-state index in [4.69, 9.17) is 0 Å². The van der Waals surface area contributed by atoms with E-state index < -0.39 is 52.7 Å². The lowest BCUT2D eigenvalue weighted by Gasteiger charge is -2.29. The minimum atomic E-state index is -3.07. The van der Waals surface area contributed by atoms with Gasteiger partial charge in [-0.15, -0.1) is 0 Å². The minimum absolute atomic E-state index is 0.225. The molecule has 1 amide bonds. The van der Waals surface area contributed by atoms with Gasteiger partial charge >= 0.3 is 17.9 Å². The van der Waals surface area contributed by atoms with Crippen LogP contribution in [0.3, 0.4) is 0 Å². The van der Waals surface area contributed by atoms with Crippen LogP contribution in [0, 0.1) is 16.0 Å². The number of aliphatic carboxylic acids is 3. The third-order valence-corrected chi connectivity index (χ3v) is 7.25. The van der Waals surface area contributed by atoms with Crippen LogP contribution in [0.15, 0.2) is 36.4 Å². The van der Waals surface area contributed by atoms with Crippen molar-refractivity contribution in [1.82, 2.24) is 5.32 Å². The van der Waals surface area contributed by atoms with Crippen molar-refractivity contribution in [3.8, 4) is 0 Å². The Hall–Kier alpha value is -4.13. The standard InChI is InChI=1S/C31H44N2O11/c1-2-3-4-7-10-13-24(34)14-11-8-5-6-9-12-15-25(31(42,30(40)41)21-27(35)36)28(37)32-26(29(38)39)20-22-16-18-23(19-17-22)33(43)44/h12,15-19,25-26,42H,2-11,13-14,20-21H2,1H3,(H,32,37)(H,35,36)(H,38,39)(H,40,41)/b15-12+/t25-,26?,31+/m1/s1. The molecule has 0 saturated carbocycles. The molecule has 3 atom stereocenters. The summed E-state index contributed by atoms with van der Waals surface area (Å²) in [7, 11) is 0. The van der Waals surface area contributed by atoms with Gasteiger partial charge in [-0.2, -0.15) is 0 Å². The summed E-state index contributed by atoms with van der Waals surface area (Å²) in [5.74, 6) is -8.06. The number of rotatable bonds is 24. The average Bonchev–Trinajstić information content (AvgIpc) is 2.95. The van der Waals surface area contributed by atoms with Gasteiger partial charge in [0.2, 0.25) is 5.91 Å². The molecule has 1 rings (SSSR count). The maximum Gasteiger partial charge on any atom is 0.337 e. The first-order valence-electron chi connectivity index (χ1n) is 14.9. The van der Waals surface area contributed by atoms with Gasteiger partial charge in [-0.3, -0.25) is 24.5 Å². The molecule has 13 heteroatoms. The second kappa shape index (κ2) is 19.9. The monoisotopic (exact) mass is 620 g/mol. The van der Waals surface area contributed by atoms with Gasteiger partial charge in [0.05, 0.1) is 17.3 Å². The Morgan fingerprint density at radius 2 is 1.48 bits per heavy atom. The molecular weight excluding hydrogens is 576 g/mol. The molecule has 0 aliphatic rings. The van der Waals surface area contributed by atoms with Crippen LogP contribution < -0.4 is 5.32 Å². The Kier molecular flexibility index (Phi) is 17.2. The molecule has 0 aromatic heterocycles. The van der Waals surface area contributed by atoms with Gasteiger partial charge in [-0.05, 0) is 31.2 Å². The van der Waals surface area contributed by atoms with E-state index in [1.165, 1.54) is 24.6 Å². The van der Waals surface area contributed by atoms with Crippen molar-refractivity contribution in [1.29, 1.82) is 0 Å². The summed E-state index contributed by atoms with van der Waals surface area (Å²) in [6.45, 7) is 2.14. The first-order valence-corrected chi connectivity index (χ1v) is 14.9. The van der Waals surface area contributed by atoms with Gasteiger partial charge in [0.1, 0.15) is 11.8 Å². The van der Waals surface area contributed by atoms with Crippen molar-refractivity contribution in [2.75, 3.05) is 0 Å². The van der Waals surface area contributed by atoms with Crippen LogP contribution in [0.4, 0.5) is 5.69 Å². The number of allylic oxidation sites excluding steroid dienone is 1. The predicted octanol–water partition coefficient (Wildman–Crippen LogP) is 4.44. The molecule has 1 aromatic carbocycles. The number of carbonyl (C=O) groups is 5. The molecule has 0 spiro atoms. The SMILES string of the molecule is CCCCCCCC(=O)CCCCCC/C=C/[C@H](C(=O)NC(Cc1ccc([N+](=O)[O-])cc1)C(=O)O)[C@@](O)(CC(=O)O)C(=O)O. The molecule has 44 heavy (non-hydrogen) atoms. The van der Waals surface area contributed by atoms with Gasteiger partial charge in [0, 0.05) is 31.4 Å². The lowest BCUT2D eigenvalue weighted by atomic mass is 9.82. The van der Waals surface area contributed by atoms with Gasteiger partial charge in [-0.1, -0.05) is 69.7 Å². The number of nitro benzene ring substituents is 1. The summed E-state index contributed by atoms with van der Waals surface area (Å²) >= 11 is 0. The van der Waals surface area contributed by atoms with Crippen LogP contribution in [0.1, 0.15) is 96.0 Å². The first-order chi connectivity index (χ1) is 20.8. The summed E-state index contributed by atoms with van der Waals surface area (Å²) in [5, 5.41) is 52.4. The number of hydrogen-bond acceptors (Lipinski definition) is 8. The number of aliphatic hydroxyl groups is 1. The van der Waals surface area contributed by atoms with Gasteiger partial charge in [-0.25, -0.2) is 9.59 Å². The van der Waals surface area contributed by atoms with Crippen molar-refractivity contribution in [3.05, 3.63) is 52.1 Å². The smallest absolute Gasteiger partial charge is 0.337 e. The molecule has 0 aliphatic heterocycles. The molecule has 13 nitrogen and oxygen atoms in total. The van der Waals surface area contributed by atoms with E-state index in [0.29, 0.717) is 31.2 Å². The summed E-state index contributed by atoms with van der Waals surface area (Å²) < 4.78 is 0. The average molecular weight is 621 g/mol. The number of carboxylic acid groups (broad SMARTS) is 3. The number of amides is 1. The van der Waals surface area contributed by atoms with E-state index in [0.717, 1.165) is 63.2 Å². The molecule has 0 radical (unpaired) electrons. The zero-order chi connectivity index (χ0) is 33.1. The van der Waals surface area contributed by atoms with Crippen LogP contribution in [-0.2, 0) is 30.4 Å². The third kappa shape index (κ3) is 13.9. The number of carbonyl (C=O) groups excluding carboxylic acids is 2. The largest absolute Gasteiger partial charge is 0.481 e. The van der Waals surface area contributed by atoms with Crippen molar-refractivity contribution >= 4 is 35.3 Å². The minimum Gasteiger partial charge on any atom is -0.481 e. The van der Waals surface area contributed by atoms with Crippen molar-refractivity contribution in [2.45, 2.75) is 108 Å². The van der Waals surface area contributed by atoms with Crippen LogP contribution in [0.2, 0.25) is 0 Å². The number of ketones is 1. The fourth-order valence-corrected chi connectivity index (χ4v) is 4.68. The van der Waals surface area contributed by atoms with Gasteiger partial charge in [0.25, 0.3) is 5.69 Å². The molecule has 0 heterocycles. The number of unbranched alkanes of at least 4 members (excludes halogenated alkanes) is 8. The second-order valence-electron chi connectivity index (χ2n) is 10.9. The zero-order valence-electron chi connectivity index (χ0n) is 25.1. The van der Waals surface area contributed by atoms with E-state index >= 15 is 0 Å². The molecule has 0 fully saturated rings. The van der Waals surface area contributed by atoms with E-state index in [1.54, 1.807) is 0 Å². The van der Waals surface area contributed by atoms with Crippen LogP contribution >= 0.6 is 0 Å². The Bertz CT molecular complexity index is 1150.